The van der Waals surface area contributed by atoms with Crippen LogP contribution in [0.3, 0.4) is 0 Å². The number of thiazole rings is 1. The number of anilines is 1. The molecule has 1 saturated heterocycles. The number of phosphoric acid groups is 1. The summed E-state index contributed by atoms with van der Waals surface area (Å²) in [5.74, 6) is -2.86. The van der Waals surface area contributed by atoms with Gasteiger partial charge >= 0.3 is 43.3 Å². The van der Waals surface area contributed by atoms with Crippen LogP contribution in [0.25, 0.3) is 0 Å². The fraction of sp³-hybridized carbons (Fsp3) is 0.214. The number of thioether (sulfide) groups is 1. The number of allylic oxidation sites excluding steroid dienone is 1. The number of phosphoric ester groups is 1. The van der Waals surface area contributed by atoms with Crippen LogP contribution in [0.2, 0.25) is 0 Å². The molecular formula is C14H15N5NaO8PS2. The Morgan fingerprint density at radius 2 is 2.16 bits per heavy atom. The van der Waals surface area contributed by atoms with Crippen molar-refractivity contribution in [1.82, 2.24) is 15.2 Å². The number of hydrogen-bond donors (Lipinski definition) is 5. The van der Waals surface area contributed by atoms with Gasteiger partial charge in [-0.15, -0.1) is 23.1 Å². The predicted octanol–water partition coefficient (Wildman–Crippen LogP) is -1.27. The average molecular weight is 499 g/mol. The normalized spacial score (nSPS) is 20.9. The van der Waals surface area contributed by atoms with Crippen LogP contribution < -0.4 is 11.1 Å². The van der Waals surface area contributed by atoms with E-state index in [-0.39, 0.29) is 57.4 Å². The number of aromatic nitrogens is 1. The van der Waals surface area contributed by atoms with Crippen LogP contribution in [-0.2, 0) is 23.5 Å². The van der Waals surface area contributed by atoms with Gasteiger partial charge in [-0.25, -0.2) is 14.3 Å². The minimum atomic E-state index is -5.15. The van der Waals surface area contributed by atoms with Crippen molar-refractivity contribution in [1.29, 1.82) is 0 Å². The zero-order chi connectivity index (χ0) is 22.2. The molecule has 162 valence electrons. The van der Waals surface area contributed by atoms with E-state index in [4.69, 9.17) is 20.7 Å². The Labute approximate surface area is 204 Å². The van der Waals surface area contributed by atoms with Crippen LogP contribution in [0.1, 0.15) is 5.69 Å². The molecule has 0 radical (unpaired) electrons. The van der Waals surface area contributed by atoms with Gasteiger partial charge in [0.05, 0.1) is 0 Å². The molecule has 3 heterocycles. The molecule has 1 aromatic rings. The van der Waals surface area contributed by atoms with Crippen molar-refractivity contribution < 1.29 is 38.5 Å². The first kappa shape index (κ1) is 25.5. The van der Waals surface area contributed by atoms with E-state index in [0.717, 1.165) is 16.2 Å². The van der Waals surface area contributed by atoms with Crippen LogP contribution in [0.15, 0.2) is 34.5 Å². The van der Waals surface area contributed by atoms with Gasteiger partial charge < -0.3 is 20.8 Å². The number of carbonyl (C=O) groups is 3. The van der Waals surface area contributed by atoms with Gasteiger partial charge in [-0.3, -0.25) is 24.3 Å². The Hall–Kier alpha value is -1.71. The van der Waals surface area contributed by atoms with Crippen LogP contribution in [-0.4, -0.2) is 95.1 Å². The summed E-state index contributed by atoms with van der Waals surface area (Å²) in [6.07, 6.45) is 1.27. The third-order valence-corrected chi connectivity index (χ3v) is 6.39. The summed E-state index contributed by atoms with van der Waals surface area (Å²) in [6.45, 7) is 3.52. The van der Waals surface area contributed by atoms with E-state index >= 15 is 0 Å². The zero-order valence-electron chi connectivity index (χ0n) is 14.8. The molecule has 17 heteroatoms. The zero-order valence-corrected chi connectivity index (χ0v) is 17.3. The average Bonchev–Trinajstić information content (AvgIpc) is 3.09. The Morgan fingerprint density at radius 3 is 2.68 bits per heavy atom. The molecule has 6 N–H and O–H groups in total. The van der Waals surface area contributed by atoms with E-state index in [2.05, 4.69) is 26.6 Å². The van der Waals surface area contributed by atoms with Gasteiger partial charge in [0.2, 0.25) is 0 Å². The minimum absolute atomic E-state index is 0. The molecule has 0 saturated carbocycles. The molecule has 2 amide bonds. The fourth-order valence-corrected chi connectivity index (χ4v) is 4.95. The van der Waals surface area contributed by atoms with E-state index in [1.54, 1.807) is 0 Å². The number of amides is 2. The Bertz CT molecular complexity index is 1050. The van der Waals surface area contributed by atoms with Crippen LogP contribution in [0.5, 0.6) is 0 Å². The second kappa shape index (κ2) is 9.83. The molecule has 0 spiro atoms. The Balaban J connectivity index is 0.00000341. The van der Waals surface area contributed by atoms with E-state index in [1.165, 1.54) is 23.2 Å². The maximum atomic E-state index is 12.6. The number of rotatable bonds is 6. The van der Waals surface area contributed by atoms with Crippen molar-refractivity contribution in [3.8, 4) is 0 Å². The molecule has 0 aliphatic carbocycles. The molecule has 0 aromatic carbocycles. The van der Waals surface area contributed by atoms with Crippen molar-refractivity contribution >= 4 is 89.1 Å². The number of nitrogens with one attached hydrogen (secondary N) is 1. The molecule has 3 rings (SSSR count). The topological polar surface area (TPSA) is 205 Å². The first-order chi connectivity index (χ1) is 14.1. The monoisotopic (exact) mass is 499 g/mol. The Kier molecular flexibility index (Phi) is 8.10. The first-order valence-electron chi connectivity index (χ1n) is 7.91. The summed E-state index contributed by atoms with van der Waals surface area (Å²) >= 11 is 2.20. The number of hydrogen-bond acceptors (Lipinski definition) is 11. The van der Waals surface area contributed by atoms with E-state index in [0.29, 0.717) is 0 Å². The number of nitrogens with zero attached hydrogens (tertiary/aromatic N) is 3. The van der Waals surface area contributed by atoms with Gasteiger partial charge in [0.1, 0.15) is 22.8 Å². The van der Waals surface area contributed by atoms with Crippen molar-refractivity contribution in [2.45, 2.75) is 11.4 Å². The number of carbonyl (C=O) groups excluding carboxylic acids is 3. The van der Waals surface area contributed by atoms with Gasteiger partial charge in [-0.05, 0) is 5.57 Å². The summed E-state index contributed by atoms with van der Waals surface area (Å²) in [6, 6.07) is -1.10. The van der Waals surface area contributed by atoms with Gasteiger partial charge in [0.15, 0.2) is 10.8 Å². The van der Waals surface area contributed by atoms with Crippen molar-refractivity contribution in [2.75, 3.05) is 11.5 Å². The third kappa shape index (κ3) is 5.21. The molecule has 2 aliphatic heterocycles. The quantitative estimate of drug-likeness (QED) is 0.0779. The molecule has 13 nitrogen and oxygen atoms in total. The van der Waals surface area contributed by atoms with Crippen molar-refractivity contribution in [3.05, 3.63) is 35.0 Å². The van der Waals surface area contributed by atoms with Crippen molar-refractivity contribution in [2.24, 2.45) is 5.16 Å². The van der Waals surface area contributed by atoms with Crippen LogP contribution in [0.4, 0.5) is 5.13 Å². The summed E-state index contributed by atoms with van der Waals surface area (Å²) in [5.41, 5.74) is 4.92. The summed E-state index contributed by atoms with van der Waals surface area (Å²) in [4.78, 5) is 59.8. The second-order valence-corrected chi connectivity index (χ2v) is 8.99. The van der Waals surface area contributed by atoms with Gasteiger partial charge in [0, 0.05) is 11.1 Å². The molecule has 1 fully saturated rings. The number of nitrogens with two attached hydrogens (primary N) is 1. The second-order valence-electron chi connectivity index (χ2n) is 5.83. The van der Waals surface area contributed by atoms with Crippen molar-refractivity contribution in [3.63, 3.8) is 0 Å². The first-order valence-corrected chi connectivity index (χ1v) is 11.4. The van der Waals surface area contributed by atoms with Crippen LogP contribution >= 0.6 is 30.9 Å². The molecule has 2 aliphatic rings. The molecular weight excluding hydrogens is 484 g/mol. The number of fused-ring (bicyclic) bond motifs is 1. The SMILES string of the molecule is C=CC1=C(C(=O)OP(=O)(O)O)N2C(=O)[C@@H](NC(=O)/C(=N\O)c3csc(N)n3)[C@H]2SC1.[NaH]. The summed E-state index contributed by atoms with van der Waals surface area (Å²) in [5, 5.41) is 15.2. The third-order valence-electron chi connectivity index (χ3n) is 4.01. The van der Waals surface area contributed by atoms with Crippen LogP contribution in [0, 0.1) is 0 Å². The number of β-lactam (4-membered cyclic amide) rings is 1. The van der Waals surface area contributed by atoms with Gasteiger partial charge in [-0.2, -0.15) is 0 Å². The molecule has 0 unspecified atom stereocenters. The molecule has 0 bridgehead atoms. The standard InChI is InChI=1S/C14H14N5O8PS2.Na.H/c1-2-5-3-29-12-8(11(21)19(12)9(5)13(22)27-28(24,25)26)17-10(20)7(18-23)6-4-30-14(15)16-6;;/h2,4,8,12,23H,1,3H2,(H2,15,16)(H,17,20)(H2,24,25,26);;/b18-7-;;/t8-,12-;;/m1../s1. The summed E-state index contributed by atoms with van der Waals surface area (Å²) in [7, 11) is -5.15. The number of oxime groups is 1. The van der Waals surface area contributed by atoms with E-state index in [9.17, 15) is 18.9 Å². The molecule has 31 heavy (non-hydrogen) atoms. The fourth-order valence-electron chi connectivity index (χ4n) is 2.76. The summed E-state index contributed by atoms with van der Waals surface area (Å²) < 4.78 is 15.1. The predicted molar refractivity (Wildman–Crippen MR) is 112 cm³/mol. The van der Waals surface area contributed by atoms with Gasteiger partial charge in [0.25, 0.3) is 11.8 Å². The van der Waals surface area contributed by atoms with E-state index < -0.39 is 42.7 Å². The molecule has 1 aromatic heterocycles. The number of nitrogen functional groups attached to an aromatic ring is 1. The van der Waals surface area contributed by atoms with E-state index in [1.807, 2.05) is 0 Å². The van der Waals surface area contributed by atoms with Gasteiger partial charge in [-0.1, -0.05) is 17.8 Å². The maximum absolute atomic E-state index is 12.6. The Morgan fingerprint density at radius 1 is 1.48 bits per heavy atom. The molecule has 2 atom stereocenters.